The summed E-state index contributed by atoms with van der Waals surface area (Å²) in [6, 6.07) is 3.56. The van der Waals surface area contributed by atoms with Gasteiger partial charge in [-0.3, -0.25) is 0 Å². The van der Waals surface area contributed by atoms with Gasteiger partial charge in [-0.25, -0.2) is 8.42 Å². The van der Waals surface area contributed by atoms with Crippen LogP contribution < -0.4 is 0 Å². The molecule has 2 aliphatic rings. The second kappa shape index (κ2) is 6.29. The Hall–Kier alpha value is -1.16. The van der Waals surface area contributed by atoms with Gasteiger partial charge in [-0.15, -0.1) is 0 Å². The molecule has 0 atom stereocenters. The van der Waals surface area contributed by atoms with E-state index >= 15 is 0 Å². The lowest BCUT2D eigenvalue weighted by molar-refractivity contribution is -0.280. The maximum absolute atomic E-state index is 12.6. The number of hydrogen-bond acceptors (Lipinski definition) is 4. The van der Waals surface area contributed by atoms with Crippen LogP contribution in [0.5, 0.6) is 0 Å². The lowest BCUT2D eigenvalue weighted by atomic mass is 10.0. The zero-order valence-corrected chi connectivity index (χ0v) is 13.7. The minimum absolute atomic E-state index is 0.142. The number of piperidine rings is 1. The Morgan fingerprint density at radius 2 is 1.54 bits per heavy atom. The summed E-state index contributed by atoms with van der Waals surface area (Å²) in [5.74, 6) is -0.718. The molecule has 1 spiro atoms. The van der Waals surface area contributed by atoms with Gasteiger partial charge in [0.2, 0.25) is 10.0 Å². The van der Waals surface area contributed by atoms with E-state index in [1.807, 2.05) is 0 Å². The van der Waals surface area contributed by atoms with Crippen LogP contribution >= 0.6 is 0 Å². The normalized spacial score (nSPS) is 22.6. The maximum atomic E-state index is 12.6. The Kier molecular flexibility index (Phi) is 4.63. The molecular weight excluding hydrogens is 347 g/mol. The third kappa shape index (κ3) is 3.44. The van der Waals surface area contributed by atoms with Gasteiger partial charge in [0.25, 0.3) is 0 Å². The topological polar surface area (TPSA) is 55.8 Å². The Bertz CT molecular complexity index is 672. The predicted molar refractivity (Wildman–Crippen MR) is 78.7 cm³/mol. The molecule has 0 N–H and O–H groups in total. The van der Waals surface area contributed by atoms with Gasteiger partial charge in [-0.1, -0.05) is 0 Å². The molecule has 0 saturated carbocycles. The van der Waals surface area contributed by atoms with Crippen LogP contribution in [0.25, 0.3) is 0 Å². The van der Waals surface area contributed by atoms with E-state index in [9.17, 15) is 21.6 Å². The molecule has 0 radical (unpaired) electrons. The van der Waals surface area contributed by atoms with Gasteiger partial charge >= 0.3 is 6.18 Å². The summed E-state index contributed by atoms with van der Waals surface area (Å²) in [5.41, 5.74) is -0.872. The molecule has 0 aromatic heterocycles. The second-order valence-electron chi connectivity index (χ2n) is 5.89. The van der Waals surface area contributed by atoms with Crippen LogP contribution in [0.4, 0.5) is 13.2 Å². The largest absolute Gasteiger partial charge is 0.416 e. The Morgan fingerprint density at radius 3 is 2.04 bits per heavy atom. The average Bonchev–Trinajstić information content (AvgIpc) is 2.55. The van der Waals surface area contributed by atoms with Crippen molar-refractivity contribution in [3.8, 4) is 0 Å². The van der Waals surface area contributed by atoms with E-state index in [4.69, 9.17) is 9.47 Å². The molecule has 1 aromatic rings. The van der Waals surface area contributed by atoms with Crippen LogP contribution in [-0.2, 0) is 25.7 Å². The molecule has 2 saturated heterocycles. The van der Waals surface area contributed by atoms with E-state index in [0.717, 1.165) is 30.7 Å². The van der Waals surface area contributed by atoms with Gasteiger partial charge in [-0.2, -0.15) is 17.5 Å². The fourth-order valence-electron chi connectivity index (χ4n) is 2.94. The van der Waals surface area contributed by atoms with Crippen molar-refractivity contribution >= 4 is 10.0 Å². The first kappa shape index (κ1) is 17.7. The molecular formula is C15H18F3NO4S. The van der Waals surface area contributed by atoms with Gasteiger partial charge < -0.3 is 9.47 Å². The zero-order chi connectivity index (χ0) is 17.4. The minimum Gasteiger partial charge on any atom is -0.350 e. The molecule has 2 heterocycles. The molecule has 0 aliphatic carbocycles. The number of ether oxygens (including phenoxy) is 2. The molecule has 134 valence electrons. The Morgan fingerprint density at radius 1 is 1.00 bits per heavy atom. The third-order valence-electron chi connectivity index (χ3n) is 4.32. The van der Waals surface area contributed by atoms with Gasteiger partial charge in [0.1, 0.15) is 0 Å². The number of benzene rings is 1. The molecule has 3 rings (SSSR count). The monoisotopic (exact) mass is 365 g/mol. The average molecular weight is 365 g/mol. The number of alkyl halides is 3. The first-order chi connectivity index (χ1) is 11.2. The highest BCUT2D eigenvalue weighted by Crippen LogP contribution is 2.34. The van der Waals surface area contributed by atoms with Crippen LogP contribution in [0, 0.1) is 0 Å². The maximum Gasteiger partial charge on any atom is 0.416 e. The van der Waals surface area contributed by atoms with Crippen molar-refractivity contribution < 1.29 is 31.1 Å². The SMILES string of the molecule is O=S(=O)(c1ccc(C(F)(F)F)cc1)N1CCC2(CC1)OCCCO2. The number of hydrogen-bond donors (Lipinski definition) is 0. The summed E-state index contributed by atoms with van der Waals surface area (Å²) in [6.07, 6.45) is -2.86. The highest BCUT2D eigenvalue weighted by Gasteiger charge is 2.41. The lowest BCUT2D eigenvalue weighted by Crippen LogP contribution is -2.51. The first-order valence-corrected chi connectivity index (χ1v) is 9.12. The van der Waals surface area contributed by atoms with E-state index in [2.05, 4.69) is 0 Å². The molecule has 2 aliphatic heterocycles. The zero-order valence-electron chi connectivity index (χ0n) is 12.9. The van der Waals surface area contributed by atoms with Crippen LogP contribution in [0.15, 0.2) is 29.2 Å². The quantitative estimate of drug-likeness (QED) is 0.809. The predicted octanol–water partition coefficient (Wildman–Crippen LogP) is 2.62. The van der Waals surface area contributed by atoms with E-state index in [-0.39, 0.29) is 18.0 Å². The number of rotatable bonds is 2. The first-order valence-electron chi connectivity index (χ1n) is 7.68. The molecule has 2 fully saturated rings. The fourth-order valence-corrected chi connectivity index (χ4v) is 4.38. The summed E-state index contributed by atoms with van der Waals surface area (Å²) < 4.78 is 75.5. The van der Waals surface area contributed by atoms with Gasteiger partial charge in [0, 0.05) is 25.9 Å². The van der Waals surface area contributed by atoms with Crippen molar-refractivity contribution in [3.63, 3.8) is 0 Å². The van der Waals surface area contributed by atoms with Gasteiger partial charge in [0.05, 0.1) is 23.7 Å². The second-order valence-corrected chi connectivity index (χ2v) is 7.83. The summed E-state index contributed by atoms with van der Waals surface area (Å²) in [6.45, 7) is 1.60. The highest BCUT2D eigenvalue weighted by molar-refractivity contribution is 7.89. The minimum atomic E-state index is -4.49. The molecule has 0 amide bonds. The molecule has 1 aromatic carbocycles. The molecule has 5 nitrogen and oxygen atoms in total. The van der Waals surface area contributed by atoms with E-state index in [1.54, 1.807) is 0 Å². The third-order valence-corrected chi connectivity index (χ3v) is 6.24. The van der Waals surface area contributed by atoms with Crippen molar-refractivity contribution in [2.24, 2.45) is 0 Å². The summed E-state index contributed by atoms with van der Waals surface area (Å²) in [5, 5.41) is 0. The summed E-state index contributed by atoms with van der Waals surface area (Å²) >= 11 is 0. The standard InChI is InChI=1S/C15H18F3NO4S/c16-15(17,18)12-2-4-13(5-3-12)24(20,21)19-8-6-14(7-9-19)22-10-1-11-23-14/h2-5H,1,6-11H2. The van der Waals surface area contributed by atoms with E-state index in [1.165, 1.54) is 4.31 Å². The van der Waals surface area contributed by atoms with Crippen molar-refractivity contribution in [2.45, 2.75) is 36.1 Å². The van der Waals surface area contributed by atoms with E-state index < -0.39 is 27.6 Å². The van der Waals surface area contributed by atoms with Crippen molar-refractivity contribution in [1.29, 1.82) is 0 Å². The molecule has 0 bridgehead atoms. The molecule has 0 unspecified atom stereocenters. The smallest absolute Gasteiger partial charge is 0.350 e. The van der Waals surface area contributed by atoms with Crippen molar-refractivity contribution in [3.05, 3.63) is 29.8 Å². The Balaban J connectivity index is 1.72. The van der Waals surface area contributed by atoms with Crippen LogP contribution in [0.1, 0.15) is 24.8 Å². The molecule has 9 heteroatoms. The molecule has 24 heavy (non-hydrogen) atoms. The Labute approximate surface area is 138 Å². The number of nitrogens with zero attached hydrogens (tertiary/aromatic N) is 1. The van der Waals surface area contributed by atoms with E-state index in [0.29, 0.717) is 26.1 Å². The summed E-state index contributed by atoms with van der Waals surface area (Å²) in [7, 11) is -3.82. The van der Waals surface area contributed by atoms with Crippen LogP contribution in [0.2, 0.25) is 0 Å². The number of sulfonamides is 1. The van der Waals surface area contributed by atoms with Crippen LogP contribution in [0.3, 0.4) is 0 Å². The summed E-state index contributed by atoms with van der Waals surface area (Å²) in [4.78, 5) is -0.142. The van der Waals surface area contributed by atoms with Gasteiger partial charge in [-0.05, 0) is 30.7 Å². The van der Waals surface area contributed by atoms with Crippen molar-refractivity contribution in [1.82, 2.24) is 4.31 Å². The number of halogens is 3. The fraction of sp³-hybridized carbons (Fsp3) is 0.600. The lowest BCUT2D eigenvalue weighted by Gasteiger charge is -2.42. The van der Waals surface area contributed by atoms with Crippen LogP contribution in [-0.4, -0.2) is 44.8 Å². The van der Waals surface area contributed by atoms with Crippen molar-refractivity contribution in [2.75, 3.05) is 26.3 Å². The van der Waals surface area contributed by atoms with Gasteiger partial charge in [0.15, 0.2) is 5.79 Å². The highest BCUT2D eigenvalue weighted by atomic mass is 32.2.